The highest BCUT2D eigenvalue weighted by atomic mass is 32.1. The monoisotopic (exact) mass is 352 g/mol. The van der Waals surface area contributed by atoms with Gasteiger partial charge >= 0.3 is 0 Å². The Morgan fingerprint density at radius 1 is 1.12 bits per heavy atom. The van der Waals surface area contributed by atoms with Gasteiger partial charge in [-0.2, -0.15) is 4.68 Å². The van der Waals surface area contributed by atoms with E-state index in [1.54, 1.807) is 12.4 Å². The van der Waals surface area contributed by atoms with Crippen LogP contribution in [0.3, 0.4) is 0 Å². The number of hydrogen-bond donors (Lipinski definition) is 1. The van der Waals surface area contributed by atoms with E-state index in [2.05, 4.69) is 40.7 Å². The Kier molecular flexibility index (Phi) is 4.46. The van der Waals surface area contributed by atoms with Gasteiger partial charge in [0, 0.05) is 36.5 Å². The number of rotatable bonds is 4. The Hall–Kier alpha value is -2.31. The van der Waals surface area contributed by atoms with Crippen molar-refractivity contribution in [3.8, 4) is 11.4 Å². The van der Waals surface area contributed by atoms with Crippen molar-refractivity contribution in [1.29, 1.82) is 0 Å². The van der Waals surface area contributed by atoms with Crippen LogP contribution in [0.15, 0.2) is 48.8 Å². The molecule has 0 amide bonds. The summed E-state index contributed by atoms with van der Waals surface area (Å²) in [5.74, 6) is 0.923. The van der Waals surface area contributed by atoms with Crippen LogP contribution in [0.2, 0.25) is 0 Å². The summed E-state index contributed by atoms with van der Waals surface area (Å²) in [5.41, 5.74) is 3.98. The predicted molar refractivity (Wildman–Crippen MR) is 99.6 cm³/mol. The van der Waals surface area contributed by atoms with Gasteiger partial charge in [-0.3, -0.25) is 4.98 Å². The lowest BCUT2D eigenvalue weighted by Crippen LogP contribution is -3.11. The van der Waals surface area contributed by atoms with Crippen molar-refractivity contribution in [2.45, 2.75) is 33.1 Å². The number of quaternary nitrogens is 1. The molecule has 1 unspecified atom stereocenters. The summed E-state index contributed by atoms with van der Waals surface area (Å²) in [6.07, 6.45) is 4.71. The van der Waals surface area contributed by atoms with Crippen molar-refractivity contribution in [2.75, 3.05) is 6.54 Å². The highest BCUT2D eigenvalue weighted by molar-refractivity contribution is 7.71. The van der Waals surface area contributed by atoms with Gasteiger partial charge in [0.05, 0.1) is 6.54 Å². The van der Waals surface area contributed by atoms with Crippen molar-refractivity contribution in [3.63, 3.8) is 0 Å². The highest BCUT2D eigenvalue weighted by Crippen LogP contribution is 2.17. The molecule has 3 heterocycles. The van der Waals surface area contributed by atoms with Gasteiger partial charge < -0.3 is 9.47 Å². The minimum atomic E-state index is 0.792. The summed E-state index contributed by atoms with van der Waals surface area (Å²) < 4.78 is 4.88. The smallest absolute Gasteiger partial charge is 0.203 e. The molecule has 0 spiro atoms. The first-order valence-electron chi connectivity index (χ1n) is 8.74. The van der Waals surface area contributed by atoms with E-state index in [9.17, 15) is 0 Å². The number of nitrogens with one attached hydrogen (secondary N) is 1. The molecule has 6 heteroatoms. The lowest BCUT2D eigenvalue weighted by molar-refractivity contribution is -0.939. The third-order valence-electron chi connectivity index (χ3n) is 4.86. The molecule has 0 saturated heterocycles. The maximum absolute atomic E-state index is 5.69. The van der Waals surface area contributed by atoms with Crippen LogP contribution >= 0.6 is 12.2 Å². The van der Waals surface area contributed by atoms with Gasteiger partial charge in [-0.25, -0.2) is 0 Å². The molecular formula is C19H22N5S+. The van der Waals surface area contributed by atoms with Gasteiger partial charge in [0.1, 0.15) is 6.54 Å². The molecule has 1 atom stereocenters. The normalized spacial score (nSPS) is 16.6. The van der Waals surface area contributed by atoms with Gasteiger partial charge in [0.25, 0.3) is 0 Å². The van der Waals surface area contributed by atoms with E-state index < -0.39 is 0 Å². The third kappa shape index (κ3) is 3.15. The van der Waals surface area contributed by atoms with Crippen molar-refractivity contribution >= 4 is 12.2 Å². The van der Waals surface area contributed by atoms with Crippen molar-refractivity contribution in [1.82, 2.24) is 19.3 Å². The van der Waals surface area contributed by atoms with Gasteiger partial charge in [0.2, 0.25) is 4.77 Å². The average Bonchev–Trinajstić information content (AvgIpc) is 2.98. The first-order valence-corrected chi connectivity index (χ1v) is 9.15. The number of benzene rings is 1. The van der Waals surface area contributed by atoms with Crippen LogP contribution in [0, 0.1) is 4.77 Å². The topological polar surface area (TPSA) is 40.1 Å². The fourth-order valence-corrected chi connectivity index (χ4v) is 3.85. The summed E-state index contributed by atoms with van der Waals surface area (Å²) in [6, 6.07) is 12.7. The Morgan fingerprint density at radius 2 is 1.88 bits per heavy atom. The Morgan fingerprint density at radius 3 is 2.64 bits per heavy atom. The van der Waals surface area contributed by atoms with E-state index in [4.69, 9.17) is 17.3 Å². The van der Waals surface area contributed by atoms with E-state index in [0.29, 0.717) is 0 Å². The lowest BCUT2D eigenvalue weighted by Gasteiger charge is -2.25. The number of pyridine rings is 1. The van der Waals surface area contributed by atoms with E-state index in [0.717, 1.165) is 48.9 Å². The maximum atomic E-state index is 5.69. The molecule has 0 bridgehead atoms. The maximum Gasteiger partial charge on any atom is 0.203 e. The van der Waals surface area contributed by atoms with Crippen molar-refractivity contribution in [3.05, 3.63) is 64.7 Å². The largest absolute Gasteiger partial charge is 0.312 e. The molecule has 128 valence electrons. The SMILES string of the molecule is CCn1c(-c2ccncc2)nn(C[NH+]2CCc3ccccc3C2)c1=S. The molecule has 1 N–H and O–H groups in total. The summed E-state index contributed by atoms with van der Waals surface area (Å²) in [7, 11) is 0. The number of nitrogens with zero attached hydrogens (tertiary/aromatic N) is 4. The minimum Gasteiger partial charge on any atom is -0.312 e. The Bertz CT molecular complexity index is 928. The molecule has 0 fully saturated rings. The molecular weight excluding hydrogens is 330 g/mol. The predicted octanol–water partition coefficient (Wildman–Crippen LogP) is 2.09. The molecule has 0 saturated carbocycles. The molecule has 3 aromatic rings. The molecule has 5 nitrogen and oxygen atoms in total. The first kappa shape index (κ1) is 16.2. The highest BCUT2D eigenvalue weighted by Gasteiger charge is 2.21. The fourth-order valence-electron chi connectivity index (χ4n) is 3.53. The molecule has 2 aromatic heterocycles. The first-order chi connectivity index (χ1) is 12.3. The number of aromatic nitrogens is 4. The summed E-state index contributed by atoms with van der Waals surface area (Å²) in [4.78, 5) is 5.59. The quantitative estimate of drug-likeness (QED) is 0.731. The van der Waals surface area contributed by atoms with E-state index in [-0.39, 0.29) is 0 Å². The fraction of sp³-hybridized carbons (Fsp3) is 0.316. The summed E-state index contributed by atoms with van der Waals surface area (Å²) in [6.45, 7) is 5.87. The van der Waals surface area contributed by atoms with Crippen LogP contribution in [-0.4, -0.2) is 25.9 Å². The zero-order valence-electron chi connectivity index (χ0n) is 14.4. The zero-order valence-corrected chi connectivity index (χ0v) is 15.2. The van der Waals surface area contributed by atoms with Crippen LogP contribution < -0.4 is 4.90 Å². The zero-order chi connectivity index (χ0) is 17.2. The molecule has 25 heavy (non-hydrogen) atoms. The third-order valence-corrected chi connectivity index (χ3v) is 5.29. The van der Waals surface area contributed by atoms with E-state index >= 15 is 0 Å². The van der Waals surface area contributed by atoms with Crippen LogP contribution in [0.4, 0.5) is 0 Å². The molecule has 1 aromatic carbocycles. The molecule has 4 rings (SSSR count). The van der Waals surface area contributed by atoms with Crippen molar-refractivity contribution < 1.29 is 4.90 Å². The van der Waals surface area contributed by atoms with Crippen molar-refractivity contribution in [2.24, 2.45) is 0 Å². The Labute approximate surface area is 152 Å². The van der Waals surface area contributed by atoms with Gasteiger partial charge in [0.15, 0.2) is 12.5 Å². The van der Waals surface area contributed by atoms with E-state index in [1.165, 1.54) is 16.0 Å². The van der Waals surface area contributed by atoms with Gasteiger partial charge in [-0.1, -0.05) is 24.3 Å². The van der Waals surface area contributed by atoms with Gasteiger partial charge in [-0.05, 0) is 36.8 Å². The molecule has 1 aliphatic rings. The molecule has 0 aliphatic carbocycles. The van der Waals surface area contributed by atoms with Crippen LogP contribution in [-0.2, 0) is 26.2 Å². The molecule has 1 aliphatic heterocycles. The second kappa shape index (κ2) is 6.90. The summed E-state index contributed by atoms with van der Waals surface area (Å²) in [5, 5.41) is 4.83. The minimum absolute atomic E-state index is 0.792. The molecule has 0 radical (unpaired) electrons. The van der Waals surface area contributed by atoms with Crippen LogP contribution in [0.25, 0.3) is 11.4 Å². The lowest BCUT2D eigenvalue weighted by atomic mass is 10.0. The van der Waals surface area contributed by atoms with Gasteiger partial charge in [-0.15, -0.1) is 5.10 Å². The van der Waals surface area contributed by atoms with E-state index in [1.807, 2.05) is 16.8 Å². The average molecular weight is 352 g/mol. The number of fused-ring (bicyclic) bond motifs is 1. The summed E-state index contributed by atoms with van der Waals surface area (Å²) >= 11 is 5.69. The number of hydrogen-bond acceptors (Lipinski definition) is 3. The van der Waals surface area contributed by atoms with Crippen LogP contribution in [0.5, 0.6) is 0 Å². The van der Waals surface area contributed by atoms with Crippen LogP contribution in [0.1, 0.15) is 18.1 Å². The second-order valence-electron chi connectivity index (χ2n) is 6.44. The Balaban J connectivity index is 1.62. The second-order valence-corrected chi connectivity index (χ2v) is 6.80. The standard InChI is InChI=1S/C19H21N5S/c1-2-23-18(16-7-10-20-11-8-16)21-24(19(23)25)14-22-12-9-15-5-3-4-6-17(15)13-22/h3-8,10-11H,2,9,12-14H2,1H3/p+1.